The quantitative estimate of drug-likeness (QED) is 0.556. The van der Waals surface area contributed by atoms with Crippen molar-refractivity contribution in [3.63, 3.8) is 0 Å². The summed E-state index contributed by atoms with van der Waals surface area (Å²) in [6.07, 6.45) is -0.305. The van der Waals surface area contributed by atoms with Gasteiger partial charge in [0, 0.05) is 12.6 Å². The summed E-state index contributed by atoms with van der Waals surface area (Å²) in [7, 11) is 0. The first-order valence-corrected chi connectivity index (χ1v) is 6.93. The van der Waals surface area contributed by atoms with Crippen molar-refractivity contribution in [1.82, 2.24) is 5.32 Å². The Morgan fingerprint density at radius 2 is 1.90 bits per heavy atom. The number of rotatable bonds is 7. The lowest BCUT2D eigenvalue weighted by Crippen LogP contribution is -2.26. The van der Waals surface area contributed by atoms with E-state index in [1.54, 1.807) is 0 Å². The first-order valence-electron chi connectivity index (χ1n) is 6.93. The molecule has 0 aliphatic heterocycles. The van der Waals surface area contributed by atoms with Crippen molar-refractivity contribution in [1.29, 1.82) is 0 Å². The first-order chi connectivity index (χ1) is 9.34. The van der Waals surface area contributed by atoms with Gasteiger partial charge in [-0.15, -0.1) is 0 Å². The van der Waals surface area contributed by atoms with E-state index in [1.165, 1.54) is 6.07 Å². The molecular formula is C15H21F4N. The van der Waals surface area contributed by atoms with Crippen LogP contribution < -0.4 is 5.32 Å². The summed E-state index contributed by atoms with van der Waals surface area (Å²) < 4.78 is 51.4. The van der Waals surface area contributed by atoms with Crippen LogP contribution in [0.25, 0.3) is 0 Å². The number of nitrogens with one attached hydrogen (secondary N) is 1. The molecule has 0 heterocycles. The maximum absolute atomic E-state index is 13.0. The molecule has 0 saturated heterocycles. The predicted octanol–water partition coefficient (Wildman–Crippen LogP) is 4.90. The Labute approximate surface area is 117 Å². The second kappa shape index (κ2) is 7.62. The molecule has 20 heavy (non-hydrogen) atoms. The Bertz CT molecular complexity index is 415. The van der Waals surface area contributed by atoms with Gasteiger partial charge in [0.1, 0.15) is 5.82 Å². The van der Waals surface area contributed by atoms with Gasteiger partial charge in [0.05, 0.1) is 5.56 Å². The Kier molecular flexibility index (Phi) is 6.46. The highest BCUT2D eigenvalue weighted by atomic mass is 19.4. The minimum absolute atomic E-state index is 0.0845. The molecule has 0 bridgehead atoms. The standard InChI is InChI=1S/C15H21F4N/c1-3-4-5-6-11(2)20-10-12-7-8-13(16)9-14(12)15(17,18)19/h7-9,11,20H,3-6,10H2,1-2H3. The lowest BCUT2D eigenvalue weighted by molar-refractivity contribution is -0.138. The molecule has 0 saturated carbocycles. The average molecular weight is 291 g/mol. The minimum Gasteiger partial charge on any atom is -0.310 e. The van der Waals surface area contributed by atoms with Gasteiger partial charge in [-0.05, 0) is 31.0 Å². The third-order valence-corrected chi connectivity index (χ3v) is 3.26. The van der Waals surface area contributed by atoms with E-state index in [4.69, 9.17) is 0 Å². The van der Waals surface area contributed by atoms with Gasteiger partial charge in [-0.25, -0.2) is 4.39 Å². The van der Waals surface area contributed by atoms with E-state index in [-0.39, 0.29) is 18.2 Å². The number of hydrogen-bond donors (Lipinski definition) is 1. The number of unbranched alkanes of at least 4 members (excludes halogenated alkanes) is 2. The van der Waals surface area contributed by atoms with E-state index < -0.39 is 17.6 Å². The molecule has 0 radical (unpaired) electrons. The SMILES string of the molecule is CCCCCC(C)NCc1ccc(F)cc1C(F)(F)F. The van der Waals surface area contributed by atoms with Crippen molar-refractivity contribution >= 4 is 0 Å². The molecule has 1 N–H and O–H groups in total. The summed E-state index contributed by atoms with van der Waals surface area (Å²) in [5, 5.41) is 3.07. The second-order valence-corrected chi connectivity index (χ2v) is 5.08. The zero-order valence-corrected chi connectivity index (χ0v) is 11.9. The summed E-state index contributed by atoms with van der Waals surface area (Å²) in [4.78, 5) is 0. The summed E-state index contributed by atoms with van der Waals surface area (Å²) in [6, 6.07) is 2.96. The smallest absolute Gasteiger partial charge is 0.310 e. The summed E-state index contributed by atoms with van der Waals surface area (Å²) in [5.74, 6) is -0.864. The largest absolute Gasteiger partial charge is 0.416 e. The fraction of sp³-hybridized carbons (Fsp3) is 0.600. The van der Waals surface area contributed by atoms with Gasteiger partial charge in [0.15, 0.2) is 0 Å². The molecule has 0 aliphatic rings. The molecule has 0 aromatic heterocycles. The van der Waals surface area contributed by atoms with Crippen molar-refractivity contribution in [2.24, 2.45) is 0 Å². The molecule has 5 heteroatoms. The molecule has 1 nitrogen and oxygen atoms in total. The topological polar surface area (TPSA) is 12.0 Å². The molecule has 0 aliphatic carbocycles. The number of benzene rings is 1. The minimum atomic E-state index is -4.52. The van der Waals surface area contributed by atoms with Crippen LogP contribution in [0.1, 0.15) is 50.7 Å². The highest BCUT2D eigenvalue weighted by molar-refractivity contribution is 5.30. The third-order valence-electron chi connectivity index (χ3n) is 3.26. The molecule has 1 rings (SSSR count). The zero-order chi connectivity index (χ0) is 15.2. The van der Waals surface area contributed by atoms with E-state index in [0.717, 1.165) is 31.7 Å². The maximum Gasteiger partial charge on any atom is 0.416 e. The van der Waals surface area contributed by atoms with Gasteiger partial charge in [0.2, 0.25) is 0 Å². The molecule has 114 valence electrons. The van der Waals surface area contributed by atoms with Crippen LogP contribution in [-0.4, -0.2) is 6.04 Å². The van der Waals surface area contributed by atoms with Gasteiger partial charge in [-0.2, -0.15) is 13.2 Å². The summed E-state index contributed by atoms with van der Waals surface area (Å²) in [5.41, 5.74) is -0.813. The highest BCUT2D eigenvalue weighted by Crippen LogP contribution is 2.32. The van der Waals surface area contributed by atoms with Gasteiger partial charge in [-0.1, -0.05) is 32.3 Å². The van der Waals surface area contributed by atoms with Crippen LogP contribution in [0, 0.1) is 5.82 Å². The van der Waals surface area contributed by atoms with E-state index >= 15 is 0 Å². The number of hydrogen-bond acceptors (Lipinski definition) is 1. The summed E-state index contributed by atoms with van der Waals surface area (Å²) >= 11 is 0. The molecule has 1 aromatic carbocycles. The zero-order valence-electron chi connectivity index (χ0n) is 11.9. The number of alkyl halides is 3. The van der Waals surface area contributed by atoms with Crippen LogP contribution >= 0.6 is 0 Å². The van der Waals surface area contributed by atoms with Gasteiger partial charge in [-0.3, -0.25) is 0 Å². The Morgan fingerprint density at radius 3 is 2.50 bits per heavy atom. The molecule has 1 aromatic rings. The highest BCUT2D eigenvalue weighted by Gasteiger charge is 2.33. The molecule has 1 atom stereocenters. The Morgan fingerprint density at radius 1 is 1.20 bits per heavy atom. The Balaban J connectivity index is 2.64. The third kappa shape index (κ3) is 5.49. The average Bonchev–Trinajstić information content (AvgIpc) is 2.36. The normalized spacial score (nSPS) is 13.5. The van der Waals surface area contributed by atoms with E-state index in [9.17, 15) is 17.6 Å². The van der Waals surface area contributed by atoms with Gasteiger partial charge < -0.3 is 5.32 Å². The van der Waals surface area contributed by atoms with Gasteiger partial charge in [0.25, 0.3) is 0 Å². The lowest BCUT2D eigenvalue weighted by Gasteiger charge is -2.17. The number of halogens is 4. The Hall–Kier alpha value is -1.10. The van der Waals surface area contributed by atoms with Crippen molar-refractivity contribution in [3.8, 4) is 0 Å². The molecule has 0 spiro atoms. The van der Waals surface area contributed by atoms with Crippen molar-refractivity contribution in [3.05, 3.63) is 35.1 Å². The predicted molar refractivity (Wildman–Crippen MR) is 71.8 cm³/mol. The lowest BCUT2D eigenvalue weighted by atomic mass is 10.1. The van der Waals surface area contributed by atoms with Crippen LogP contribution in [0.2, 0.25) is 0 Å². The van der Waals surface area contributed by atoms with E-state index in [2.05, 4.69) is 12.2 Å². The monoisotopic (exact) mass is 291 g/mol. The molecule has 0 amide bonds. The maximum atomic E-state index is 13.0. The van der Waals surface area contributed by atoms with Crippen LogP contribution in [0.5, 0.6) is 0 Å². The van der Waals surface area contributed by atoms with E-state index in [0.29, 0.717) is 6.07 Å². The fourth-order valence-electron chi connectivity index (χ4n) is 2.05. The first kappa shape index (κ1) is 17.0. The summed E-state index contributed by atoms with van der Waals surface area (Å²) in [6.45, 7) is 4.15. The van der Waals surface area contributed by atoms with Crippen LogP contribution in [0.4, 0.5) is 17.6 Å². The van der Waals surface area contributed by atoms with Crippen LogP contribution in [0.3, 0.4) is 0 Å². The second-order valence-electron chi connectivity index (χ2n) is 5.08. The van der Waals surface area contributed by atoms with Crippen molar-refractivity contribution in [2.45, 2.75) is 58.3 Å². The van der Waals surface area contributed by atoms with E-state index in [1.807, 2.05) is 6.92 Å². The van der Waals surface area contributed by atoms with Crippen LogP contribution in [0.15, 0.2) is 18.2 Å². The molecular weight excluding hydrogens is 270 g/mol. The molecule has 0 fully saturated rings. The van der Waals surface area contributed by atoms with Gasteiger partial charge >= 0.3 is 6.18 Å². The van der Waals surface area contributed by atoms with Crippen molar-refractivity contribution in [2.75, 3.05) is 0 Å². The van der Waals surface area contributed by atoms with Crippen molar-refractivity contribution < 1.29 is 17.6 Å². The van der Waals surface area contributed by atoms with Crippen LogP contribution in [-0.2, 0) is 12.7 Å². The fourth-order valence-corrected chi connectivity index (χ4v) is 2.05. The molecule has 1 unspecified atom stereocenters.